The first-order valence-corrected chi connectivity index (χ1v) is 11.8. The van der Waals surface area contributed by atoms with E-state index in [1.165, 1.54) is 24.3 Å². The second-order valence-electron chi connectivity index (χ2n) is 9.09. The van der Waals surface area contributed by atoms with E-state index in [9.17, 15) is 13.6 Å². The minimum atomic E-state index is -0.367. The molecule has 178 valence electrons. The quantitative estimate of drug-likeness (QED) is 0.302. The van der Waals surface area contributed by atoms with Gasteiger partial charge in [-0.15, -0.1) is 0 Å². The fraction of sp³-hybridized carbons (Fsp3) is 0.138. The first-order chi connectivity index (χ1) is 17.5. The van der Waals surface area contributed by atoms with E-state index in [0.29, 0.717) is 28.2 Å². The minimum absolute atomic E-state index is 0.259. The highest BCUT2D eigenvalue weighted by Crippen LogP contribution is 2.41. The molecule has 0 aliphatic heterocycles. The number of rotatable bonds is 5. The number of imidazole rings is 1. The monoisotopic (exact) mass is 480 g/mol. The number of anilines is 1. The number of nitrogens with zero attached hydrogens (tertiary/aromatic N) is 3. The molecule has 0 radical (unpaired) electrons. The Labute approximate surface area is 206 Å². The number of carbonyl (C=O) groups excluding carboxylic acids is 1. The van der Waals surface area contributed by atoms with Gasteiger partial charge in [0.15, 0.2) is 0 Å². The molecule has 2 aromatic carbocycles. The molecule has 1 saturated carbocycles. The Hall–Kier alpha value is -4.39. The maximum atomic E-state index is 14.9. The third-order valence-electron chi connectivity index (χ3n) is 6.54. The molecule has 1 aliphatic carbocycles. The Kier molecular flexibility index (Phi) is 5.33. The van der Waals surface area contributed by atoms with Gasteiger partial charge in [-0.05, 0) is 67.8 Å². The van der Waals surface area contributed by atoms with E-state index in [1.807, 2.05) is 34.9 Å². The molecule has 1 aliphatic rings. The highest BCUT2D eigenvalue weighted by atomic mass is 19.1. The summed E-state index contributed by atoms with van der Waals surface area (Å²) in [6, 6.07) is 16.6. The number of carbonyl (C=O) groups is 1. The van der Waals surface area contributed by atoms with Gasteiger partial charge >= 0.3 is 0 Å². The smallest absolute Gasteiger partial charge is 0.257 e. The van der Waals surface area contributed by atoms with Crippen LogP contribution in [0.4, 0.5) is 14.5 Å². The second kappa shape index (κ2) is 8.68. The van der Waals surface area contributed by atoms with Gasteiger partial charge in [-0.1, -0.05) is 18.2 Å². The molecule has 36 heavy (non-hydrogen) atoms. The average Bonchev–Trinajstić information content (AvgIpc) is 3.65. The number of fused-ring (bicyclic) bond motifs is 1. The van der Waals surface area contributed by atoms with Gasteiger partial charge in [0.2, 0.25) is 0 Å². The summed E-state index contributed by atoms with van der Waals surface area (Å²) in [7, 11) is 0. The summed E-state index contributed by atoms with van der Waals surface area (Å²) in [5.74, 6) is -0.194. The lowest BCUT2D eigenvalue weighted by Gasteiger charge is -2.12. The largest absolute Gasteiger partial charge is 0.322 e. The Balaban J connectivity index is 1.43. The summed E-state index contributed by atoms with van der Waals surface area (Å²) in [6.45, 7) is 1.73. The predicted octanol–water partition coefficient (Wildman–Crippen LogP) is 6.78. The van der Waals surface area contributed by atoms with E-state index >= 15 is 0 Å². The molecular weight excluding hydrogens is 458 g/mol. The molecule has 5 aromatic rings. The fourth-order valence-electron chi connectivity index (χ4n) is 4.50. The van der Waals surface area contributed by atoms with Crippen LogP contribution in [0.25, 0.3) is 28.0 Å². The number of hydrogen-bond donors (Lipinski definition) is 1. The van der Waals surface area contributed by atoms with Crippen LogP contribution in [0.3, 0.4) is 0 Å². The lowest BCUT2D eigenvalue weighted by atomic mass is 10.0. The maximum Gasteiger partial charge on any atom is 0.257 e. The molecule has 3 heterocycles. The summed E-state index contributed by atoms with van der Waals surface area (Å²) >= 11 is 0. The highest BCUT2D eigenvalue weighted by Gasteiger charge is 2.30. The van der Waals surface area contributed by atoms with Crippen LogP contribution in [-0.4, -0.2) is 20.3 Å². The topological polar surface area (TPSA) is 59.3 Å². The zero-order chi connectivity index (χ0) is 24.8. The SMILES string of the molecule is Cc1cccc(-c2ncc3c(-c4cnc(C5CC5)c(C(=O)Nc5ccc(F)cc5)c4)cccn23)c1F. The molecule has 0 atom stereocenters. The van der Waals surface area contributed by atoms with E-state index in [-0.39, 0.29) is 23.5 Å². The van der Waals surface area contributed by atoms with Crippen LogP contribution >= 0.6 is 0 Å². The van der Waals surface area contributed by atoms with Crippen molar-refractivity contribution in [1.82, 2.24) is 14.4 Å². The number of aromatic nitrogens is 3. The average molecular weight is 481 g/mol. The molecule has 1 N–H and O–H groups in total. The molecule has 5 nitrogen and oxygen atoms in total. The Morgan fingerprint density at radius 3 is 2.53 bits per heavy atom. The van der Waals surface area contributed by atoms with Crippen LogP contribution < -0.4 is 5.32 Å². The summed E-state index contributed by atoms with van der Waals surface area (Å²) in [5.41, 5.74) is 5.11. The standard InChI is InChI=1S/C29H22F2N4O/c1-17-4-2-5-23(26(17)31)28-33-16-25-22(6-3-13-35(25)28)19-14-24(27(32-15-19)18-7-8-18)29(36)34-21-11-9-20(30)10-12-21/h2-6,9-16,18H,7-8H2,1H3,(H,34,36). The number of halogens is 2. The van der Waals surface area contributed by atoms with Crippen LogP contribution in [0.5, 0.6) is 0 Å². The summed E-state index contributed by atoms with van der Waals surface area (Å²) in [6.07, 6.45) is 7.31. The number of nitrogens with one attached hydrogen (secondary N) is 1. The van der Waals surface area contributed by atoms with Crippen molar-refractivity contribution in [3.05, 3.63) is 108 Å². The van der Waals surface area contributed by atoms with Crippen molar-refractivity contribution in [3.8, 4) is 22.5 Å². The molecule has 1 amide bonds. The lowest BCUT2D eigenvalue weighted by molar-refractivity contribution is 0.102. The first-order valence-electron chi connectivity index (χ1n) is 11.8. The van der Waals surface area contributed by atoms with Crippen molar-refractivity contribution < 1.29 is 13.6 Å². The van der Waals surface area contributed by atoms with E-state index in [0.717, 1.165) is 35.2 Å². The van der Waals surface area contributed by atoms with Crippen molar-refractivity contribution in [2.24, 2.45) is 0 Å². The number of pyridine rings is 2. The van der Waals surface area contributed by atoms with E-state index < -0.39 is 0 Å². The van der Waals surface area contributed by atoms with E-state index in [4.69, 9.17) is 0 Å². The van der Waals surface area contributed by atoms with Crippen LogP contribution in [0.2, 0.25) is 0 Å². The van der Waals surface area contributed by atoms with E-state index in [2.05, 4.69) is 15.3 Å². The third kappa shape index (κ3) is 3.92. The lowest BCUT2D eigenvalue weighted by Crippen LogP contribution is -2.15. The minimum Gasteiger partial charge on any atom is -0.322 e. The number of hydrogen-bond acceptors (Lipinski definition) is 3. The van der Waals surface area contributed by atoms with Crippen LogP contribution in [0.15, 0.2) is 79.3 Å². The van der Waals surface area contributed by atoms with Crippen molar-refractivity contribution in [2.45, 2.75) is 25.7 Å². The number of benzene rings is 2. The van der Waals surface area contributed by atoms with Gasteiger partial charge in [0.25, 0.3) is 5.91 Å². The molecule has 0 bridgehead atoms. The van der Waals surface area contributed by atoms with Crippen LogP contribution in [0, 0.1) is 18.6 Å². The molecule has 3 aromatic heterocycles. The van der Waals surface area contributed by atoms with Gasteiger partial charge in [-0.3, -0.25) is 14.2 Å². The number of aryl methyl sites for hydroxylation is 1. The zero-order valence-electron chi connectivity index (χ0n) is 19.5. The maximum absolute atomic E-state index is 14.9. The van der Waals surface area contributed by atoms with Crippen molar-refractivity contribution in [2.75, 3.05) is 5.32 Å². The summed E-state index contributed by atoms with van der Waals surface area (Å²) in [5, 5.41) is 2.86. The molecule has 0 saturated heterocycles. The number of amides is 1. The van der Waals surface area contributed by atoms with Crippen molar-refractivity contribution >= 4 is 17.1 Å². The molecule has 6 rings (SSSR count). The van der Waals surface area contributed by atoms with E-state index in [1.54, 1.807) is 31.5 Å². The highest BCUT2D eigenvalue weighted by molar-refractivity contribution is 6.06. The molecule has 7 heteroatoms. The molecular formula is C29H22F2N4O. The Morgan fingerprint density at radius 2 is 1.75 bits per heavy atom. The van der Waals surface area contributed by atoms with Crippen LogP contribution in [-0.2, 0) is 0 Å². The van der Waals surface area contributed by atoms with Gasteiger partial charge in [0, 0.05) is 35.1 Å². The molecule has 0 unspecified atom stereocenters. The van der Waals surface area contributed by atoms with Crippen molar-refractivity contribution in [3.63, 3.8) is 0 Å². The normalized spacial score (nSPS) is 13.2. The molecule has 0 spiro atoms. The first kappa shape index (κ1) is 22.1. The summed E-state index contributed by atoms with van der Waals surface area (Å²) < 4.78 is 30.0. The Bertz CT molecular complexity index is 1620. The summed E-state index contributed by atoms with van der Waals surface area (Å²) in [4.78, 5) is 22.5. The van der Waals surface area contributed by atoms with Crippen molar-refractivity contribution in [1.29, 1.82) is 0 Å². The van der Waals surface area contributed by atoms with Gasteiger partial charge in [-0.25, -0.2) is 13.8 Å². The van der Waals surface area contributed by atoms with Gasteiger partial charge in [-0.2, -0.15) is 0 Å². The fourth-order valence-corrected chi connectivity index (χ4v) is 4.50. The third-order valence-corrected chi connectivity index (χ3v) is 6.54. The van der Waals surface area contributed by atoms with Gasteiger partial charge in [0.05, 0.1) is 28.5 Å². The second-order valence-corrected chi connectivity index (χ2v) is 9.09. The predicted molar refractivity (Wildman–Crippen MR) is 135 cm³/mol. The zero-order valence-corrected chi connectivity index (χ0v) is 19.5. The van der Waals surface area contributed by atoms with Gasteiger partial charge < -0.3 is 5.32 Å². The van der Waals surface area contributed by atoms with Crippen LogP contribution in [0.1, 0.15) is 40.4 Å². The Morgan fingerprint density at radius 1 is 0.972 bits per heavy atom. The van der Waals surface area contributed by atoms with Gasteiger partial charge in [0.1, 0.15) is 17.5 Å². The molecule has 1 fully saturated rings.